The van der Waals surface area contributed by atoms with Crippen molar-refractivity contribution in [3.8, 4) is 0 Å². The fraction of sp³-hybridized carbons (Fsp3) is 0.619. The number of thioether (sulfide) groups is 4. The minimum absolute atomic E-state index is 0.00141. The number of hydrogen-bond donors (Lipinski definition) is 3. The topological polar surface area (TPSA) is 195 Å². The lowest BCUT2D eigenvalue weighted by Gasteiger charge is -2.24. The number of amides is 2. The highest BCUT2D eigenvalue weighted by Crippen LogP contribution is 2.23. The van der Waals surface area contributed by atoms with Crippen LogP contribution in [-0.2, 0) is 38.4 Å². The van der Waals surface area contributed by atoms with E-state index in [1.807, 2.05) is 0 Å². The van der Waals surface area contributed by atoms with Crippen LogP contribution in [0.4, 0.5) is 0 Å². The predicted molar refractivity (Wildman–Crippen MR) is 141 cm³/mol. The van der Waals surface area contributed by atoms with Crippen molar-refractivity contribution in [2.75, 3.05) is 23.0 Å². The van der Waals surface area contributed by atoms with Crippen LogP contribution in [0, 0.1) is 17.8 Å². The molecule has 4 N–H and O–H groups in total. The number of Topliss-reactive ketones (excluding diaryl/α,β-unsaturated/α-hetero) is 1. The highest BCUT2D eigenvalue weighted by Gasteiger charge is 2.37. The second-order valence-corrected chi connectivity index (χ2v) is 12.4. The smallest absolute Gasteiger partial charge is 0.326 e. The van der Waals surface area contributed by atoms with Gasteiger partial charge in [-0.15, -0.1) is 0 Å². The van der Waals surface area contributed by atoms with Crippen molar-refractivity contribution >= 4 is 91.1 Å². The largest absolute Gasteiger partial charge is 0.480 e. The molecule has 1 unspecified atom stereocenters. The molecule has 0 saturated carbocycles. The molecule has 2 atom stereocenters. The third-order valence-electron chi connectivity index (χ3n) is 4.50. The first-order valence-corrected chi connectivity index (χ1v) is 14.5. The van der Waals surface area contributed by atoms with Crippen molar-refractivity contribution in [3.63, 3.8) is 0 Å². The monoisotopic (exact) mass is 582 g/mol. The highest BCUT2D eigenvalue weighted by atomic mass is 32.2. The predicted octanol–water partition coefficient (Wildman–Crippen LogP) is 0.968. The van der Waals surface area contributed by atoms with Crippen LogP contribution in [0.15, 0.2) is 0 Å². The minimum Gasteiger partial charge on any atom is -0.480 e. The maximum Gasteiger partial charge on any atom is 0.326 e. The number of aliphatic carboxylic acids is 1. The van der Waals surface area contributed by atoms with Crippen molar-refractivity contribution in [1.29, 1.82) is 0 Å². The van der Waals surface area contributed by atoms with Gasteiger partial charge in [0.2, 0.25) is 11.8 Å². The van der Waals surface area contributed by atoms with Gasteiger partial charge in [-0.3, -0.25) is 33.6 Å². The Bertz CT molecular complexity index is 845. The molecule has 2 amide bonds. The first kappa shape index (κ1) is 34.2. The van der Waals surface area contributed by atoms with E-state index in [2.05, 4.69) is 5.32 Å². The van der Waals surface area contributed by atoms with Gasteiger partial charge >= 0.3 is 5.97 Å². The fourth-order valence-electron chi connectivity index (χ4n) is 2.69. The molecule has 0 aromatic carbocycles. The first-order chi connectivity index (χ1) is 16.6. The minimum atomic E-state index is -1.67. The molecular weight excluding hydrogens is 553 g/mol. The van der Waals surface area contributed by atoms with Gasteiger partial charge in [-0.2, -0.15) is 0 Å². The van der Waals surface area contributed by atoms with E-state index in [0.29, 0.717) is 0 Å². The summed E-state index contributed by atoms with van der Waals surface area (Å²) in [6, 6.07) is -1.67. The summed E-state index contributed by atoms with van der Waals surface area (Å²) in [6.45, 7) is 5.17. The fourth-order valence-corrected chi connectivity index (χ4v) is 5.83. The molecule has 15 heteroatoms. The van der Waals surface area contributed by atoms with E-state index in [1.165, 1.54) is 27.7 Å². The molecule has 0 aromatic heterocycles. The molecule has 0 rings (SSSR count). The maximum atomic E-state index is 13.1. The van der Waals surface area contributed by atoms with E-state index in [-0.39, 0.29) is 43.5 Å². The average molecular weight is 583 g/mol. The summed E-state index contributed by atoms with van der Waals surface area (Å²) in [4.78, 5) is 95.3. The number of nitrogens with two attached hydrogens (primary N) is 1. The number of carbonyl (C=O) groups excluding carboxylic acids is 7. The molecule has 0 fully saturated rings. The van der Waals surface area contributed by atoms with Crippen molar-refractivity contribution in [2.24, 2.45) is 23.5 Å². The number of carbonyl (C=O) groups is 8. The van der Waals surface area contributed by atoms with Crippen molar-refractivity contribution in [1.82, 2.24) is 5.32 Å². The Labute approximate surface area is 226 Å². The summed E-state index contributed by atoms with van der Waals surface area (Å²) in [5, 5.41) is 10.8. The third kappa shape index (κ3) is 14.7. The number of primary amides is 1. The van der Waals surface area contributed by atoms with Crippen LogP contribution in [0.2, 0.25) is 0 Å². The molecule has 0 aliphatic carbocycles. The molecular formula is C21H30N2O9S4. The molecule has 0 aliphatic heterocycles. The van der Waals surface area contributed by atoms with Gasteiger partial charge in [0.1, 0.15) is 11.8 Å². The second kappa shape index (κ2) is 17.6. The Morgan fingerprint density at radius 3 is 1.36 bits per heavy atom. The number of carboxylic acids is 1. The standard InChI is InChI=1S/C21H30N2O9S4/c1-10(24)33-6-14(7-34-11(2)25)18(28)16(19(22)29)5-17(21(31)32)23-20(30)15(8-35-12(3)26)9-36-13(4)27/h14-17H,5-9H2,1-4H3,(H2,22,29)(H,23,30)(H,31,32)/t16?,17-/m0/s1. The Hall–Kier alpha value is -1.84. The zero-order chi connectivity index (χ0) is 28.0. The van der Waals surface area contributed by atoms with Gasteiger partial charge in [-0.1, -0.05) is 47.0 Å². The van der Waals surface area contributed by atoms with Crippen LogP contribution < -0.4 is 11.1 Å². The van der Waals surface area contributed by atoms with Crippen LogP contribution in [0.3, 0.4) is 0 Å². The maximum absolute atomic E-state index is 13.1. The lowest BCUT2D eigenvalue weighted by atomic mass is 9.88. The normalized spacial score (nSPS) is 12.6. The summed E-state index contributed by atoms with van der Waals surface area (Å²) >= 11 is 3.32. The second-order valence-electron chi connectivity index (χ2n) is 7.60. The highest BCUT2D eigenvalue weighted by molar-refractivity contribution is 8.14. The molecule has 0 radical (unpaired) electrons. The summed E-state index contributed by atoms with van der Waals surface area (Å²) in [6.07, 6.45) is -0.645. The van der Waals surface area contributed by atoms with E-state index in [9.17, 15) is 43.5 Å². The number of hydrogen-bond acceptors (Lipinski definition) is 12. The molecule has 0 heterocycles. The van der Waals surface area contributed by atoms with Gasteiger partial charge in [-0.25, -0.2) is 4.79 Å². The van der Waals surface area contributed by atoms with Crippen LogP contribution >= 0.6 is 47.0 Å². The summed E-state index contributed by atoms with van der Waals surface area (Å²) in [7, 11) is 0. The van der Waals surface area contributed by atoms with Crippen LogP contribution in [0.1, 0.15) is 34.1 Å². The average Bonchev–Trinajstić information content (AvgIpc) is 2.74. The molecule has 36 heavy (non-hydrogen) atoms. The van der Waals surface area contributed by atoms with E-state index in [1.54, 1.807) is 0 Å². The van der Waals surface area contributed by atoms with Crippen molar-refractivity contribution < 1.29 is 43.5 Å². The van der Waals surface area contributed by atoms with Gasteiger partial charge in [0.25, 0.3) is 0 Å². The van der Waals surface area contributed by atoms with E-state index < -0.39 is 53.8 Å². The molecule has 0 saturated heterocycles. The lowest BCUT2D eigenvalue weighted by Crippen LogP contribution is -2.48. The zero-order valence-electron chi connectivity index (χ0n) is 20.3. The van der Waals surface area contributed by atoms with Gasteiger partial charge in [-0.05, 0) is 6.42 Å². The SMILES string of the molecule is CC(=O)SCC(CSC(C)=O)C(=O)N[C@@H](CC(C(N)=O)C(=O)C(CSC(C)=O)CSC(C)=O)C(=O)O. The van der Waals surface area contributed by atoms with Gasteiger partial charge in [0.15, 0.2) is 20.5 Å². The van der Waals surface area contributed by atoms with Crippen LogP contribution in [-0.4, -0.2) is 78.2 Å². The molecule has 11 nitrogen and oxygen atoms in total. The van der Waals surface area contributed by atoms with Gasteiger partial charge in [0, 0.05) is 56.6 Å². The number of rotatable bonds is 16. The van der Waals surface area contributed by atoms with E-state index >= 15 is 0 Å². The first-order valence-electron chi connectivity index (χ1n) is 10.5. The van der Waals surface area contributed by atoms with Crippen LogP contribution in [0.5, 0.6) is 0 Å². The molecule has 0 aliphatic rings. The van der Waals surface area contributed by atoms with Crippen molar-refractivity contribution in [3.05, 3.63) is 0 Å². The van der Waals surface area contributed by atoms with Gasteiger partial charge in [0.05, 0.1) is 11.8 Å². The summed E-state index contributed by atoms with van der Waals surface area (Å²) < 4.78 is 0. The van der Waals surface area contributed by atoms with E-state index in [4.69, 9.17) is 5.73 Å². The number of ketones is 1. The lowest BCUT2D eigenvalue weighted by molar-refractivity contribution is -0.144. The molecule has 0 bridgehead atoms. The Morgan fingerprint density at radius 2 is 1.06 bits per heavy atom. The molecule has 202 valence electrons. The molecule has 0 aromatic rings. The zero-order valence-corrected chi connectivity index (χ0v) is 23.5. The number of carboxylic acid groups (broad SMARTS) is 1. The Morgan fingerprint density at radius 1 is 0.694 bits per heavy atom. The van der Waals surface area contributed by atoms with Crippen LogP contribution in [0.25, 0.3) is 0 Å². The number of nitrogens with one attached hydrogen (secondary N) is 1. The summed E-state index contributed by atoms with van der Waals surface area (Å²) in [5.74, 6) is -7.65. The Balaban J connectivity index is 5.72. The molecule has 0 spiro atoms. The van der Waals surface area contributed by atoms with E-state index in [0.717, 1.165) is 47.0 Å². The third-order valence-corrected chi connectivity index (χ3v) is 8.40. The quantitative estimate of drug-likeness (QED) is 0.218. The Kier molecular flexibility index (Phi) is 16.7. The van der Waals surface area contributed by atoms with Crippen molar-refractivity contribution in [2.45, 2.75) is 40.2 Å². The summed E-state index contributed by atoms with van der Waals surface area (Å²) in [5.41, 5.74) is 5.39. The van der Waals surface area contributed by atoms with Gasteiger partial charge < -0.3 is 16.2 Å².